The van der Waals surface area contributed by atoms with E-state index in [0.29, 0.717) is 35.1 Å². The fourth-order valence-corrected chi connectivity index (χ4v) is 8.34. The smallest absolute Gasteiger partial charge is 0.250 e. The molecular formula is C29H32Cl2N2O5. The van der Waals surface area contributed by atoms with Gasteiger partial charge in [0.2, 0.25) is 0 Å². The van der Waals surface area contributed by atoms with Crippen molar-refractivity contribution < 1.29 is 24.6 Å². The Morgan fingerprint density at radius 3 is 2.74 bits per heavy atom. The highest BCUT2D eigenvalue weighted by atomic mass is 35.5. The van der Waals surface area contributed by atoms with Gasteiger partial charge in [-0.05, 0) is 80.3 Å². The zero-order valence-electron chi connectivity index (χ0n) is 21.3. The van der Waals surface area contributed by atoms with Gasteiger partial charge in [0.05, 0.1) is 40.6 Å². The van der Waals surface area contributed by atoms with Crippen molar-refractivity contribution in [3.63, 3.8) is 0 Å². The number of halogens is 2. The molecule has 202 valence electrons. The van der Waals surface area contributed by atoms with Crippen molar-refractivity contribution in [2.24, 2.45) is 5.92 Å². The summed E-state index contributed by atoms with van der Waals surface area (Å²) in [7, 11) is 1.50. The normalized spacial score (nSPS) is 33.0. The number of piperidine rings is 1. The van der Waals surface area contributed by atoms with Gasteiger partial charge in [-0.25, -0.2) is 5.06 Å². The number of phenols is 1. The van der Waals surface area contributed by atoms with Crippen LogP contribution in [0.3, 0.4) is 0 Å². The maximum Gasteiger partial charge on any atom is 0.250 e. The number of carbonyl (C=O) groups is 1. The lowest BCUT2D eigenvalue weighted by molar-refractivity contribution is -0.240. The minimum absolute atomic E-state index is 0.0187. The molecule has 7 nitrogen and oxygen atoms in total. The number of hydrogen-bond donors (Lipinski definition) is 2. The highest BCUT2D eigenvalue weighted by molar-refractivity contribution is 6.42. The monoisotopic (exact) mass is 558 g/mol. The van der Waals surface area contributed by atoms with Crippen LogP contribution in [0.15, 0.2) is 30.3 Å². The first-order valence-corrected chi connectivity index (χ1v) is 14.3. The molecular weight excluding hydrogens is 527 g/mol. The number of benzene rings is 2. The molecule has 2 aromatic carbocycles. The molecule has 0 aromatic heterocycles. The second-order valence-electron chi connectivity index (χ2n) is 11.7. The predicted molar refractivity (Wildman–Crippen MR) is 143 cm³/mol. The molecule has 7 rings (SSSR count). The van der Waals surface area contributed by atoms with Crippen LogP contribution in [0, 0.1) is 5.92 Å². The number of ether oxygens (including phenoxy) is 1. The van der Waals surface area contributed by atoms with Gasteiger partial charge in [0, 0.05) is 18.2 Å². The van der Waals surface area contributed by atoms with Crippen molar-refractivity contribution in [1.29, 1.82) is 0 Å². The van der Waals surface area contributed by atoms with Crippen LogP contribution in [0.25, 0.3) is 0 Å². The van der Waals surface area contributed by atoms with Crippen molar-refractivity contribution in [1.82, 2.24) is 9.96 Å². The molecule has 2 saturated carbocycles. The third kappa shape index (κ3) is 3.42. The first kappa shape index (κ1) is 25.0. The number of amides is 1. The van der Waals surface area contributed by atoms with Gasteiger partial charge in [0.15, 0.2) is 11.5 Å². The minimum atomic E-state index is -1.01. The maximum atomic E-state index is 13.6. The molecule has 1 saturated heterocycles. The van der Waals surface area contributed by atoms with Crippen LogP contribution in [-0.4, -0.2) is 70.1 Å². The van der Waals surface area contributed by atoms with Crippen LogP contribution in [0.1, 0.15) is 48.8 Å². The molecule has 3 fully saturated rings. The topological polar surface area (TPSA) is 82.5 Å². The fraction of sp³-hybridized carbons (Fsp3) is 0.552. The maximum absolute atomic E-state index is 13.6. The standard InChI is InChI=1S/C29H32Cl2N2O5/c1-37-33(24(35)13-17-4-6-19(30)20(31)12-17)21-8-9-29(36)23-14-18-5-7-22(34)26-25(18)28(29,27(21)38-26)10-11-32(23)15-16-2-3-16/h4-7,12,16,21,23,27,34,36H,2-3,8-11,13-15H2,1H3/t21-,23+,27-,28-,29+/m0/s1. The van der Waals surface area contributed by atoms with Gasteiger partial charge < -0.3 is 14.9 Å². The summed E-state index contributed by atoms with van der Waals surface area (Å²) >= 11 is 12.3. The average molecular weight is 559 g/mol. The molecule has 3 aliphatic carbocycles. The first-order valence-electron chi connectivity index (χ1n) is 13.6. The number of aromatic hydroxyl groups is 1. The van der Waals surface area contributed by atoms with Crippen LogP contribution in [-0.2, 0) is 27.9 Å². The van der Waals surface area contributed by atoms with Crippen LogP contribution in [0.5, 0.6) is 11.5 Å². The van der Waals surface area contributed by atoms with E-state index in [2.05, 4.69) is 4.90 Å². The second-order valence-corrected chi connectivity index (χ2v) is 12.5. The Morgan fingerprint density at radius 2 is 2.00 bits per heavy atom. The van der Waals surface area contributed by atoms with E-state index in [4.69, 9.17) is 32.8 Å². The van der Waals surface area contributed by atoms with E-state index in [9.17, 15) is 15.0 Å². The first-order chi connectivity index (χ1) is 18.3. The molecule has 9 heteroatoms. The number of aliphatic hydroxyl groups is 1. The summed E-state index contributed by atoms with van der Waals surface area (Å²) in [4.78, 5) is 21.8. The lowest BCUT2D eigenvalue weighted by atomic mass is 9.48. The molecule has 0 unspecified atom stereocenters. The van der Waals surface area contributed by atoms with E-state index in [-0.39, 0.29) is 24.1 Å². The lowest BCUT2D eigenvalue weighted by Gasteiger charge is -2.64. The highest BCUT2D eigenvalue weighted by Gasteiger charge is 2.73. The molecule has 0 radical (unpaired) electrons. The van der Waals surface area contributed by atoms with Gasteiger partial charge in [0.25, 0.3) is 5.91 Å². The van der Waals surface area contributed by atoms with Crippen molar-refractivity contribution in [3.8, 4) is 11.5 Å². The van der Waals surface area contributed by atoms with E-state index in [1.54, 1.807) is 24.3 Å². The van der Waals surface area contributed by atoms with Crippen molar-refractivity contribution in [2.75, 3.05) is 20.2 Å². The number of hydrogen-bond acceptors (Lipinski definition) is 6. The zero-order chi connectivity index (χ0) is 26.4. The number of nitrogens with zero attached hydrogens (tertiary/aromatic N) is 2. The number of phenolic OH excluding ortho intramolecular Hbond substituents is 1. The van der Waals surface area contributed by atoms with Gasteiger partial charge in [-0.3, -0.25) is 14.5 Å². The molecule has 5 atom stereocenters. The van der Waals surface area contributed by atoms with E-state index in [1.807, 2.05) is 6.07 Å². The molecule has 2 N–H and O–H groups in total. The Labute approximate surface area is 232 Å². The van der Waals surface area contributed by atoms with E-state index in [1.165, 1.54) is 25.0 Å². The summed E-state index contributed by atoms with van der Waals surface area (Å²) in [6, 6.07) is 8.40. The van der Waals surface area contributed by atoms with Gasteiger partial charge >= 0.3 is 0 Å². The number of hydroxylamine groups is 2. The summed E-state index contributed by atoms with van der Waals surface area (Å²) in [5, 5.41) is 25.7. The summed E-state index contributed by atoms with van der Waals surface area (Å²) in [5.74, 6) is 1.04. The molecule has 2 bridgehead atoms. The predicted octanol–water partition coefficient (Wildman–Crippen LogP) is 4.26. The third-order valence-corrected chi connectivity index (χ3v) is 10.6. The molecule has 1 spiro atoms. The molecule has 5 aliphatic rings. The van der Waals surface area contributed by atoms with Gasteiger partial charge in [0.1, 0.15) is 6.10 Å². The van der Waals surface area contributed by atoms with Crippen LogP contribution >= 0.6 is 23.2 Å². The molecule has 1 amide bonds. The van der Waals surface area contributed by atoms with Gasteiger partial charge in [-0.2, -0.15) is 0 Å². The fourth-order valence-electron chi connectivity index (χ4n) is 8.02. The van der Waals surface area contributed by atoms with Gasteiger partial charge in [-0.1, -0.05) is 35.3 Å². The largest absolute Gasteiger partial charge is 0.504 e. The molecule has 2 aliphatic heterocycles. The summed E-state index contributed by atoms with van der Waals surface area (Å²) < 4.78 is 6.59. The minimum Gasteiger partial charge on any atom is -0.504 e. The van der Waals surface area contributed by atoms with E-state index < -0.39 is 23.2 Å². The average Bonchev–Trinajstić information content (AvgIpc) is 3.63. The van der Waals surface area contributed by atoms with Gasteiger partial charge in [-0.15, -0.1) is 0 Å². The summed E-state index contributed by atoms with van der Waals surface area (Å²) in [6.45, 7) is 1.87. The Balaban J connectivity index is 1.27. The van der Waals surface area contributed by atoms with Crippen molar-refractivity contribution in [3.05, 3.63) is 57.1 Å². The van der Waals surface area contributed by atoms with Crippen LogP contribution in [0.4, 0.5) is 0 Å². The Hall–Kier alpha value is -2.03. The second kappa shape index (κ2) is 8.73. The molecule has 2 heterocycles. The number of carbonyl (C=O) groups excluding carboxylic acids is 1. The van der Waals surface area contributed by atoms with Crippen LogP contribution < -0.4 is 4.74 Å². The van der Waals surface area contributed by atoms with Crippen LogP contribution in [0.2, 0.25) is 10.0 Å². The molecule has 2 aromatic rings. The highest BCUT2D eigenvalue weighted by Crippen LogP contribution is 2.66. The quantitative estimate of drug-likeness (QED) is 0.515. The summed E-state index contributed by atoms with van der Waals surface area (Å²) in [5.41, 5.74) is 1.06. The molecule has 38 heavy (non-hydrogen) atoms. The summed E-state index contributed by atoms with van der Waals surface area (Å²) in [6.07, 6.45) is 4.57. The van der Waals surface area contributed by atoms with E-state index in [0.717, 1.165) is 42.1 Å². The number of likely N-dealkylation sites (tertiary alicyclic amines) is 1. The third-order valence-electron chi connectivity index (χ3n) is 9.81. The Kier molecular flexibility index (Phi) is 5.74. The zero-order valence-corrected chi connectivity index (χ0v) is 22.8. The van der Waals surface area contributed by atoms with Crippen molar-refractivity contribution in [2.45, 2.75) is 74.1 Å². The number of rotatable bonds is 6. The lowest BCUT2D eigenvalue weighted by Crippen LogP contribution is -2.78. The SMILES string of the molecule is CON(C(=O)Cc1ccc(Cl)c(Cl)c1)[C@H]1CC[C@@]2(O)[C@H]3Cc4ccc(O)c5c4[C@@]2(CCN3CC2CC2)[C@H]1O5. The van der Waals surface area contributed by atoms with E-state index >= 15 is 0 Å². The van der Waals surface area contributed by atoms with Crippen molar-refractivity contribution >= 4 is 29.1 Å². The Bertz CT molecular complexity index is 1320. The Morgan fingerprint density at radius 1 is 1.18 bits per heavy atom.